The highest BCUT2D eigenvalue weighted by molar-refractivity contribution is 5.69. The molecule has 0 atom stereocenters. The van der Waals surface area contributed by atoms with Crippen LogP contribution in [-0.4, -0.2) is 17.6 Å². The van der Waals surface area contributed by atoms with Crippen molar-refractivity contribution in [3.63, 3.8) is 0 Å². The lowest BCUT2D eigenvalue weighted by Gasteiger charge is -1.96. The molecule has 0 radical (unpaired) electrons. The summed E-state index contributed by atoms with van der Waals surface area (Å²) >= 11 is 0. The number of carboxylic acid groups (broad SMARTS) is 1. The Morgan fingerprint density at radius 1 is 1.57 bits per heavy atom. The van der Waals surface area contributed by atoms with Crippen molar-refractivity contribution in [2.24, 2.45) is 4.99 Å². The van der Waals surface area contributed by atoms with E-state index in [9.17, 15) is 4.79 Å². The summed E-state index contributed by atoms with van der Waals surface area (Å²) in [4.78, 5) is 14.5. The summed E-state index contributed by atoms with van der Waals surface area (Å²) in [6.07, 6.45) is 0.127. The molecule has 0 aromatic heterocycles. The highest BCUT2D eigenvalue weighted by Crippen LogP contribution is 2.06. The maximum Gasteiger partial charge on any atom is 0.303 e. The minimum Gasteiger partial charge on any atom is -0.481 e. The lowest BCUT2D eigenvalue weighted by molar-refractivity contribution is -0.136. The van der Waals surface area contributed by atoms with Crippen LogP contribution in [0.1, 0.15) is 15.6 Å². The Morgan fingerprint density at radius 2 is 2.36 bits per heavy atom. The van der Waals surface area contributed by atoms with Gasteiger partial charge < -0.3 is 5.11 Å². The zero-order valence-electron chi connectivity index (χ0n) is 9.53. The minimum atomic E-state index is -1.76. The van der Waals surface area contributed by atoms with E-state index in [1.165, 1.54) is 0 Å². The van der Waals surface area contributed by atoms with Crippen LogP contribution >= 0.6 is 0 Å². The van der Waals surface area contributed by atoms with E-state index in [2.05, 4.69) is 4.99 Å². The summed E-state index contributed by atoms with van der Waals surface area (Å²) in [7, 11) is 0. The van der Waals surface area contributed by atoms with E-state index >= 15 is 0 Å². The summed E-state index contributed by atoms with van der Waals surface area (Å²) in [5, 5.41) is 9.96. The minimum absolute atomic E-state index is 0.0707. The molecule has 3 heteroatoms. The third kappa shape index (κ3) is 1.66. The molecule has 3 nitrogen and oxygen atoms in total. The standard InChI is InChI=1S/C11H11NO2/c13-11(14)6-5-8-7-12-10-4-2-1-3-9(8)10/h1-4H,5-7H2,(H,13,14)/i7D2. The van der Waals surface area contributed by atoms with E-state index in [1.54, 1.807) is 24.3 Å². The van der Waals surface area contributed by atoms with Gasteiger partial charge in [0.15, 0.2) is 0 Å². The van der Waals surface area contributed by atoms with Gasteiger partial charge in [0.25, 0.3) is 0 Å². The summed E-state index contributed by atoms with van der Waals surface area (Å²) < 4.78 is 15.5. The number of nitrogens with zero attached hydrogens (tertiary/aromatic N) is 1. The Labute approximate surface area is 84.2 Å². The van der Waals surface area contributed by atoms with Crippen LogP contribution in [0.4, 0.5) is 0 Å². The maximum atomic E-state index is 10.5. The van der Waals surface area contributed by atoms with Crippen molar-refractivity contribution < 1.29 is 12.6 Å². The van der Waals surface area contributed by atoms with E-state index in [-0.39, 0.29) is 12.8 Å². The van der Waals surface area contributed by atoms with Crippen LogP contribution in [0.3, 0.4) is 0 Å². The summed E-state index contributed by atoms with van der Waals surface area (Å²) in [5.41, 5.74) is 0.463. The second kappa shape index (κ2) is 3.62. The molecule has 1 N–H and O–H groups in total. The van der Waals surface area contributed by atoms with E-state index in [0.29, 0.717) is 10.9 Å². The predicted molar refractivity (Wildman–Crippen MR) is 52.4 cm³/mol. The van der Waals surface area contributed by atoms with Gasteiger partial charge in [-0.3, -0.25) is 9.79 Å². The van der Waals surface area contributed by atoms with Gasteiger partial charge in [0.2, 0.25) is 0 Å². The highest BCUT2D eigenvalue weighted by atomic mass is 16.4. The molecule has 0 bridgehead atoms. The first kappa shape index (κ1) is 6.76. The van der Waals surface area contributed by atoms with Gasteiger partial charge in [-0.1, -0.05) is 18.2 Å². The van der Waals surface area contributed by atoms with Gasteiger partial charge >= 0.3 is 5.97 Å². The molecule has 1 heterocycles. The molecule has 1 aromatic rings. The molecule has 72 valence electrons. The van der Waals surface area contributed by atoms with E-state index < -0.39 is 12.5 Å². The topological polar surface area (TPSA) is 49.7 Å². The summed E-state index contributed by atoms with van der Waals surface area (Å²) in [6.45, 7) is -1.76. The third-order valence-electron chi connectivity index (χ3n) is 2.13. The molecule has 0 amide bonds. The smallest absolute Gasteiger partial charge is 0.303 e. The Hall–Kier alpha value is -1.64. The van der Waals surface area contributed by atoms with Crippen molar-refractivity contribution in [3.8, 4) is 0 Å². The zero-order valence-corrected chi connectivity index (χ0v) is 7.53. The fraction of sp³-hybridized carbons (Fsp3) is 0.273. The number of fused-ring (bicyclic) bond motifs is 1. The average molecular weight is 191 g/mol. The Balaban J connectivity index is 2.49. The Kier molecular flexibility index (Phi) is 1.75. The van der Waals surface area contributed by atoms with Gasteiger partial charge in [-0.2, -0.15) is 0 Å². The first-order valence-electron chi connectivity index (χ1n) is 5.41. The van der Waals surface area contributed by atoms with Gasteiger partial charge in [-0.25, -0.2) is 0 Å². The molecule has 0 spiro atoms. The van der Waals surface area contributed by atoms with Crippen LogP contribution in [0.25, 0.3) is 5.57 Å². The maximum absolute atomic E-state index is 10.5. The molecule has 1 aromatic carbocycles. The molecular formula is C11H11NO2. The zero-order chi connectivity index (χ0) is 11.8. The van der Waals surface area contributed by atoms with Crippen LogP contribution in [0.2, 0.25) is 0 Å². The second-order valence-electron chi connectivity index (χ2n) is 3.11. The van der Waals surface area contributed by atoms with Crippen molar-refractivity contribution in [3.05, 3.63) is 34.8 Å². The van der Waals surface area contributed by atoms with Crippen LogP contribution in [-0.2, 0) is 4.79 Å². The lowest BCUT2D eigenvalue weighted by atomic mass is 10.1. The molecule has 0 unspecified atom stereocenters. The number of para-hydroxylation sites is 1. The number of hydrogen-bond acceptors (Lipinski definition) is 2. The Morgan fingerprint density at radius 3 is 3.14 bits per heavy atom. The van der Waals surface area contributed by atoms with Gasteiger partial charge in [0.1, 0.15) is 0 Å². The van der Waals surface area contributed by atoms with E-state index in [0.717, 1.165) is 5.22 Å². The number of carboxylic acids is 1. The molecule has 1 aliphatic rings. The Bertz CT molecular complexity index is 551. The van der Waals surface area contributed by atoms with E-state index in [1.807, 2.05) is 0 Å². The van der Waals surface area contributed by atoms with Crippen LogP contribution in [0.15, 0.2) is 29.3 Å². The number of carbonyl (C=O) groups is 1. The fourth-order valence-electron chi connectivity index (χ4n) is 1.44. The van der Waals surface area contributed by atoms with Gasteiger partial charge in [-0.15, -0.1) is 0 Å². The van der Waals surface area contributed by atoms with Gasteiger partial charge in [-0.05, 0) is 18.1 Å². The third-order valence-corrected chi connectivity index (χ3v) is 2.13. The summed E-state index contributed by atoms with van der Waals surface area (Å²) in [5.74, 6) is -0.923. The van der Waals surface area contributed by atoms with Crippen LogP contribution in [0, 0.1) is 0 Å². The van der Waals surface area contributed by atoms with Gasteiger partial charge in [0, 0.05) is 11.6 Å². The quantitative estimate of drug-likeness (QED) is 0.748. The fourth-order valence-corrected chi connectivity index (χ4v) is 1.44. The monoisotopic (exact) mass is 191 g/mol. The lowest BCUT2D eigenvalue weighted by Crippen LogP contribution is -2.22. The number of benzene rings is 1. The molecule has 0 fully saturated rings. The van der Waals surface area contributed by atoms with Crippen molar-refractivity contribution >= 4 is 11.5 Å². The van der Waals surface area contributed by atoms with Crippen molar-refractivity contribution in [2.75, 3.05) is 6.50 Å². The first-order valence-corrected chi connectivity index (χ1v) is 4.41. The van der Waals surface area contributed by atoms with Crippen LogP contribution < -0.4 is 10.6 Å². The summed E-state index contributed by atoms with van der Waals surface area (Å²) in [6, 6.07) is 7.11. The number of aliphatic carboxylic acids is 1. The normalized spacial score (nSPS) is 19.3. The molecule has 14 heavy (non-hydrogen) atoms. The number of hydrogen-bond donors (Lipinski definition) is 1. The first-order chi connectivity index (χ1) is 7.50. The van der Waals surface area contributed by atoms with E-state index in [4.69, 9.17) is 7.85 Å². The molecule has 0 saturated carbocycles. The molecular weight excluding hydrogens is 178 g/mol. The largest absolute Gasteiger partial charge is 0.481 e. The second-order valence-corrected chi connectivity index (χ2v) is 3.11. The van der Waals surface area contributed by atoms with Crippen molar-refractivity contribution in [1.29, 1.82) is 0 Å². The molecule has 1 aliphatic heterocycles. The molecule has 0 aliphatic carbocycles. The van der Waals surface area contributed by atoms with Crippen molar-refractivity contribution in [2.45, 2.75) is 12.8 Å². The average Bonchev–Trinajstić information content (AvgIpc) is 2.44. The van der Waals surface area contributed by atoms with Crippen LogP contribution in [0.5, 0.6) is 0 Å². The highest BCUT2D eigenvalue weighted by Gasteiger charge is 2.07. The van der Waals surface area contributed by atoms with Gasteiger partial charge in [0.05, 0.1) is 14.6 Å². The van der Waals surface area contributed by atoms with Crippen molar-refractivity contribution in [1.82, 2.24) is 0 Å². The number of rotatable bonds is 3. The SMILES string of the molecule is [2H]C1([2H])N=c2ccccc2=C1CCC(=O)O. The molecule has 0 saturated heterocycles. The molecule has 2 rings (SSSR count). The predicted octanol–water partition coefficient (Wildman–Crippen LogP) is 0.335.